The van der Waals surface area contributed by atoms with Crippen LogP contribution in [0.3, 0.4) is 0 Å². The minimum absolute atomic E-state index is 0.636. The quantitative estimate of drug-likeness (QED) is 0.597. The molecular formula is C10H12OS. The lowest BCUT2D eigenvalue weighted by Gasteiger charge is -2.02. The molecule has 0 unspecified atom stereocenters. The maximum absolute atomic E-state index is 11.2. The van der Waals surface area contributed by atoms with Gasteiger partial charge in [0.05, 0.1) is 0 Å². The summed E-state index contributed by atoms with van der Waals surface area (Å²) in [4.78, 5) is 0. The summed E-state index contributed by atoms with van der Waals surface area (Å²) in [5, 5.41) is 0. The van der Waals surface area contributed by atoms with Crippen molar-refractivity contribution in [2.24, 2.45) is 0 Å². The van der Waals surface area contributed by atoms with Crippen LogP contribution in [0.15, 0.2) is 12.1 Å². The molecule has 0 fully saturated rings. The molecule has 2 rings (SSSR count). The Labute approximate surface area is 75.3 Å². The van der Waals surface area contributed by atoms with E-state index in [1.54, 1.807) is 0 Å². The molecule has 0 saturated carbocycles. The van der Waals surface area contributed by atoms with Crippen LogP contribution in [0.2, 0.25) is 0 Å². The summed E-state index contributed by atoms with van der Waals surface area (Å²) >= 11 is 0. The zero-order valence-corrected chi connectivity index (χ0v) is 8.20. The molecule has 0 N–H and O–H groups in total. The molecule has 2 heteroatoms. The standard InChI is InChI=1S/C10H12OS/c1-7-3-9-5-12(11)6-10(9)4-8(7)2/h3-4H,5-6H2,1-2H3. The van der Waals surface area contributed by atoms with Crippen LogP contribution in [0.4, 0.5) is 0 Å². The molecule has 0 aromatic heterocycles. The van der Waals surface area contributed by atoms with Crippen molar-refractivity contribution in [3.05, 3.63) is 34.4 Å². The van der Waals surface area contributed by atoms with E-state index in [9.17, 15) is 4.21 Å². The Morgan fingerprint density at radius 1 is 1.08 bits per heavy atom. The van der Waals surface area contributed by atoms with Gasteiger partial charge in [-0.25, -0.2) is 0 Å². The molecule has 1 aromatic carbocycles. The van der Waals surface area contributed by atoms with Crippen molar-refractivity contribution >= 4 is 10.8 Å². The van der Waals surface area contributed by atoms with Gasteiger partial charge in [-0.1, -0.05) is 12.1 Å². The van der Waals surface area contributed by atoms with Gasteiger partial charge in [0.2, 0.25) is 0 Å². The van der Waals surface area contributed by atoms with Crippen molar-refractivity contribution in [3.63, 3.8) is 0 Å². The Kier molecular flexibility index (Phi) is 1.80. The van der Waals surface area contributed by atoms with Crippen LogP contribution in [0.1, 0.15) is 22.3 Å². The van der Waals surface area contributed by atoms with Crippen LogP contribution in [-0.2, 0) is 22.3 Å². The molecular weight excluding hydrogens is 168 g/mol. The van der Waals surface area contributed by atoms with E-state index in [0.717, 1.165) is 11.5 Å². The van der Waals surface area contributed by atoms with Gasteiger partial charge in [-0.2, -0.15) is 0 Å². The lowest BCUT2D eigenvalue weighted by molar-refractivity contribution is 0.684. The van der Waals surface area contributed by atoms with Crippen molar-refractivity contribution in [1.29, 1.82) is 0 Å². The van der Waals surface area contributed by atoms with E-state index >= 15 is 0 Å². The van der Waals surface area contributed by atoms with Gasteiger partial charge < -0.3 is 0 Å². The molecule has 0 saturated heterocycles. The van der Waals surface area contributed by atoms with Crippen LogP contribution in [0, 0.1) is 13.8 Å². The topological polar surface area (TPSA) is 17.1 Å². The highest BCUT2D eigenvalue weighted by atomic mass is 32.2. The van der Waals surface area contributed by atoms with Gasteiger partial charge in [0.25, 0.3) is 0 Å². The second kappa shape index (κ2) is 2.70. The molecule has 0 aliphatic carbocycles. The Balaban J connectivity index is 2.55. The van der Waals surface area contributed by atoms with Crippen LogP contribution >= 0.6 is 0 Å². The van der Waals surface area contributed by atoms with Crippen LogP contribution in [-0.4, -0.2) is 4.21 Å². The second-order valence-electron chi connectivity index (χ2n) is 3.43. The third-order valence-corrected chi connectivity index (χ3v) is 3.71. The second-order valence-corrected chi connectivity index (χ2v) is 4.89. The summed E-state index contributed by atoms with van der Waals surface area (Å²) in [5.74, 6) is 1.52. The maximum Gasteiger partial charge on any atom is 0.0492 e. The summed E-state index contributed by atoms with van der Waals surface area (Å²) in [7, 11) is -0.636. The fourth-order valence-electron chi connectivity index (χ4n) is 1.60. The molecule has 0 bridgehead atoms. The number of rotatable bonds is 0. The average molecular weight is 180 g/mol. The lowest BCUT2D eigenvalue weighted by atomic mass is 10.0. The number of hydrogen-bond acceptors (Lipinski definition) is 1. The van der Waals surface area contributed by atoms with Crippen LogP contribution in [0.25, 0.3) is 0 Å². The van der Waals surface area contributed by atoms with E-state index in [4.69, 9.17) is 0 Å². The van der Waals surface area contributed by atoms with Crippen molar-refractivity contribution in [2.75, 3.05) is 0 Å². The smallest absolute Gasteiger partial charge is 0.0492 e. The van der Waals surface area contributed by atoms with Crippen molar-refractivity contribution in [2.45, 2.75) is 25.4 Å². The maximum atomic E-state index is 11.2. The number of hydrogen-bond donors (Lipinski definition) is 0. The summed E-state index contributed by atoms with van der Waals surface area (Å²) in [5.41, 5.74) is 5.20. The Morgan fingerprint density at radius 2 is 1.50 bits per heavy atom. The molecule has 1 aliphatic heterocycles. The van der Waals surface area contributed by atoms with Gasteiger partial charge in [-0.05, 0) is 36.1 Å². The van der Waals surface area contributed by atoms with Crippen molar-refractivity contribution < 1.29 is 4.21 Å². The Bertz CT molecular complexity index is 322. The zero-order chi connectivity index (χ0) is 8.72. The molecule has 1 heterocycles. The minimum atomic E-state index is -0.636. The molecule has 1 nitrogen and oxygen atoms in total. The van der Waals surface area contributed by atoms with Crippen molar-refractivity contribution in [1.82, 2.24) is 0 Å². The normalized spacial score (nSPS) is 16.5. The van der Waals surface area contributed by atoms with Gasteiger partial charge in [-0.3, -0.25) is 4.21 Å². The van der Waals surface area contributed by atoms with Gasteiger partial charge in [0, 0.05) is 22.3 Å². The highest BCUT2D eigenvalue weighted by molar-refractivity contribution is 7.83. The SMILES string of the molecule is Cc1cc2c(cc1C)CS(=O)C2. The van der Waals surface area contributed by atoms with Gasteiger partial charge in [0.15, 0.2) is 0 Å². The molecule has 12 heavy (non-hydrogen) atoms. The first-order chi connectivity index (χ1) is 5.66. The van der Waals surface area contributed by atoms with E-state index in [2.05, 4.69) is 26.0 Å². The van der Waals surface area contributed by atoms with E-state index in [1.807, 2.05) is 0 Å². The van der Waals surface area contributed by atoms with Crippen molar-refractivity contribution in [3.8, 4) is 0 Å². The molecule has 1 aliphatic rings. The van der Waals surface area contributed by atoms with E-state index in [-0.39, 0.29) is 0 Å². The van der Waals surface area contributed by atoms with E-state index in [0.29, 0.717) is 0 Å². The summed E-state index contributed by atoms with van der Waals surface area (Å²) in [6.45, 7) is 4.22. The highest BCUT2D eigenvalue weighted by Crippen LogP contribution is 2.25. The lowest BCUT2D eigenvalue weighted by Crippen LogP contribution is -1.87. The van der Waals surface area contributed by atoms with Gasteiger partial charge >= 0.3 is 0 Å². The largest absolute Gasteiger partial charge is 0.259 e. The van der Waals surface area contributed by atoms with Gasteiger partial charge in [0.1, 0.15) is 0 Å². The predicted molar refractivity (Wildman–Crippen MR) is 51.5 cm³/mol. The zero-order valence-electron chi connectivity index (χ0n) is 7.39. The highest BCUT2D eigenvalue weighted by Gasteiger charge is 2.17. The summed E-state index contributed by atoms with van der Waals surface area (Å²) in [6.07, 6.45) is 0. The Hall–Kier alpha value is -0.630. The molecule has 64 valence electrons. The van der Waals surface area contributed by atoms with Crippen LogP contribution < -0.4 is 0 Å². The fraction of sp³-hybridized carbons (Fsp3) is 0.400. The molecule has 0 amide bonds. The molecule has 0 atom stereocenters. The van der Waals surface area contributed by atoms with E-state index < -0.39 is 10.8 Å². The predicted octanol–water partition coefficient (Wildman–Crippen LogP) is 2.07. The Morgan fingerprint density at radius 3 is 1.92 bits per heavy atom. The van der Waals surface area contributed by atoms with Crippen LogP contribution in [0.5, 0.6) is 0 Å². The number of fused-ring (bicyclic) bond motifs is 1. The molecule has 1 aromatic rings. The number of benzene rings is 1. The summed E-state index contributed by atoms with van der Waals surface area (Å²) < 4.78 is 11.2. The van der Waals surface area contributed by atoms with Gasteiger partial charge in [-0.15, -0.1) is 0 Å². The first-order valence-electron chi connectivity index (χ1n) is 4.11. The average Bonchev–Trinajstić information content (AvgIpc) is 2.30. The first-order valence-corrected chi connectivity index (χ1v) is 5.59. The van der Waals surface area contributed by atoms with E-state index in [1.165, 1.54) is 22.3 Å². The number of aryl methyl sites for hydroxylation is 2. The first kappa shape index (κ1) is 7.99. The third kappa shape index (κ3) is 1.20. The monoisotopic (exact) mass is 180 g/mol. The molecule has 0 spiro atoms. The summed E-state index contributed by atoms with van der Waals surface area (Å²) in [6, 6.07) is 4.35. The minimum Gasteiger partial charge on any atom is -0.259 e. The fourth-order valence-corrected chi connectivity index (χ4v) is 2.94. The molecule has 0 radical (unpaired) electrons. The third-order valence-electron chi connectivity index (χ3n) is 2.45.